The van der Waals surface area contributed by atoms with Crippen molar-refractivity contribution in [1.82, 2.24) is 15.1 Å². The summed E-state index contributed by atoms with van der Waals surface area (Å²) in [6, 6.07) is 5.50. The fourth-order valence-corrected chi connectivity index (χ4v) is 2.18. The molecule has 1 atom stereocenters. The molecule has 0 saturated carbocycles. The van der Waals surface area contributed by atoms with Gasteiger partial charge in [0.2, 0.25) is 0 Å². The molecule has 5 heteroatoms. The summed E-state index contributed by atoms with van der Waals surface area (Å²) >= 11 is 0. The van der Waals surface area contributed by atoms with Gasteiger partial charge in [-0.05, 0) is 43.1 Å². The van der Waals surface area contributed by atoms with Gasteiger partial charge in [-0.1, -0.05) is 6.92 Å². The average molecular weight is 279 g/mol. The molecule has 1 aromatic carbocycles. The van der Waals surface area contributed by atoms with Crippen molar-refractivity contribution in [3.63, 3.8) is 0 Å². The number of nitrogens with one attached hydrogen (secondary N) is 1. The monoisotopic (exact) mass is 279 g/mol. The number of aromatic nitrogens is 2. The van der Waals surface area contributed by atoms with E-state index in [0.29, 0.717) is 12.0 Å². The van der Waals surface area contributed by atoms with Crippen LogP contribution in [0.3, 0.4) is 0 Å². The summed E-state index contributed by atoms with van der Waals surface area (Å²) in [4.78, 5) is 0. The van der Waals surface area contributed by atoms with Crippen LogP contribution in [0.5, 0.6) is 0 Å². The Hall–Kier alpha value is -1.75. The van der Waals surface area contributed by atoms with Gasteiger partial charge < -0.3 is 5.32 Å². The first-order valence-corrected chi connectivity index (χ1v) is 6.76. The van der Waals surface area contributed by atoms with Crippen LogP contribution in [0, 0.1) is 11.6 Å². The lowest BCUT2D eigenvalue weighted by Crippen LogP contribution is -2.24. The highest BCUT2D eigenvalue weighted by atomic mass is 19.1. The highest BCUT2D eigenvalue weighted by Gasteiger charge is 2.15. The summed E-state index contributed by atoms with van der Waals surface area (Å²) in [5.74, 6) is -1.09. The first kappa shape index (κ1) is 14.7. The van der Waals surface area contributed by atoms with Gasteiger partial charge in [0.05, 0.1) is 11.7 Å². The summed E-state index contributed by atoms with van der Waals surface area (Å²) in [6.45, 7) is 2.91. The molecule has 0 amide bonds. The van der Waals surface area contributed by atoms with Crippen LogP contribution >= 0.6 is 0 Å². The van der Waals surface area contributed by atoms with E-state index in [-0.39, 0.29) is 6.04 Å². The van der Waals surface area contributed by atoms with Crippen molar-refractivity contribution >= 4 is 0 Å². The fraction of sp³-hybridized carbons (Fsp3) is 0.400. The molecular weight excluding hydrogens is 260 g/mol. The van der Waals surface area contributed by atoms with Gasteiger partial charge in [0, 0.05) is 19.3 Å². The van der Waals surface area contributed by atoms with Crippen molar-refractivity contribution in [2.45, 2.75) is 25.8 Å². The molecule has 2 rings (SSSR count). The lowest BCUT2D eigenvalue weighted by Gasteiger charge is -2.16. The zero-order chi connectivity index (χ0) is 14.5. The van der Waals surface area contributed by atoms with Gasteiger partial charge in [0.15, 0.2) is 0 Å². The number of aryl methyl sites for hydroxylation is 1. The van der Waals surface area contributed by atoms with Crippen molar-refractivity contribution < 1.29 is 8.78 Å². The number of benzene rings is 1. The van der Waals surface area contributed by atoms with Gasteiger partial charge in [-0.3, -0.25) is 4.68 Å². The molecule has 2 aromatic rings. The SMILES string of the molecule is CCCNC(Cc1cc(F)cc(F)c1)c1ccn(C)n1. The molecule has 1 aromatic heterocycles. The van der Waals surface area contributed by atoms with E-state index in [1.165, 1.54) is 12.1 Å². The zero-order valence-corrected chi connectivity index (χ0v) is 11.7. The van der Waals surface area contributed by atoms with Gasteiger partial charge in [-0.25, -0.2) is 8.78 Å². The van der Waals surface area contributed by atoms with Crippen molar-refractivity contribution in [3.8, 4) is 0 Å². The number of rotatable bonds is 6. The molecule has 20 heavy (non-hydrogen) atoms. The van der Waals surface area contributed by atoms with Gasteiger partial charge in [0.25, 0.3) is 0 Å². The third-order valence-electron chi connectivity index (χ3n) is 3.09. The van der Waals surface area contributed by atoms with E-state index in [2.05, 4.69) is 17.3 Å². The molecule has 3 nitrogen and oxygen atoms in total. The molecule has 0 aliphatic rings. The van der Waals surface area contributed by atoms with Crippen LogP contribution < -0.4 is 5.32 Å². The first-order chi connectivity index (χ1) is 9.58. The quantitative estimate of drug-likeness (QED) is 0.881. The van der Waals surface area contributed by atoms with E-state index in [0.717, 1.165) is 24.7 Å². The Labute approximate surface area is 117 Å². The van der Waals surface area contributed by atoms with Crippen LogP contribution in [-0.2, 0) is 13.5 Å². The third kappa shape index (κ3) is 3.87. The van der Waals surface area contributed by atoms with Crippen molar-refractivity contribution in [3.05, 3.63) is 53.4 Å². The number of hydrogen-bond donors (Lipinski definition) is 1. The molecule has 1 unspecified atom stereocenters. The molecule has 108 valence electrons. The van der Waals surface area contributed by atoms with Crippen LogP contribution in [-0.4, -0.2) is 16.3 Å². The van der Waals surface area contributed by atoms with Crippen molar-refractivity contribution in [1.29, 1.82) is 0 Å². The molecule has 0 aliphatic heterocycles. The zero-order valence-electron chi connectivity index (χ0n) is 11.7. The van der Waals surface area contributed by atoms with E-state index in [9.17, 15) is 8.78 Å². The first-order valence-electron chi connectivity index (χ1n) is 6.76. The molecule has 0 spiro atoms. The lowest BCUT2D eigenvalue weighted by molar-refractivity contribution is 0.506. The van der Waals surface area contributed by atoms with E-state index in [1.54, 1.807) is 4.68 Å². The molecular formula is C15H19F2N3. The Bertz CT molecular complexity index is 546. The Morgan fingerprint density at radius 3 is 2.50 bits per heavy atom. The predicted octanol–water partition coefficient (Wildman–Crippen LogP) is 2.98. The van der Waals surface area contributed by atoms with E-state index >= 15 is 0 Å². The third-order valence-corrected chi connectivity index (χ3v) is 3.09. The van der Waals surface area contributed by atoms with Gasteiger partial charge in [-0.15, -0.1) is 0 Å². The minimum Gasteiger partial charge on any atom is -0.308 e. The molecule has 0 fully saturated rings. The van der Waals surface area contributed by atoms with Crippen LogP contribution in [0.4, 0.5) is 8.78 Å². The minimum absolute atomic E-state index is 0.0441. The number of nitrogens with zero attached hydrogens (tertiary/aromatic N) is 2. The smallest absolute Gasteiger partial charge is 0.126 e. The van der Waals surface area contributed by atoms with Crippen LogP contribution in [0.25, 0.3) is 0 Å². The Morgan fingerprint density at radius 2 is 1.95 bits per heavy atom. The minimum atomic E-state index is -0.546. The summed E-state index contributed by atoms with van der Waals surface area (Å²) in [5, 5.41) is 7.74. The van der Waals surface area contributed by atoms with Crippen LogP contribution in [0.15, 0.2) is 30.5 Å². The highest BCUT2D eigenvalue weighted by Crippen LogP contribution is 2.18. The maximum Gasteiger partial charge on any atom is 0.126 e. The standard InChI is InChI=1S/C15H19F2N3/c1-3-5-18-15(14-4-6-20(2)19-14)9-11-7-12(16)10-13(17)8-11/h4,6-8,10,15,18H,3,5,9H2,1-2H3. The maximum atomic E-state index is 13.3. The second-order valence-electron chi connectivity index (χ2n) is 4.90. The topological polar surface area (TPSA) is 29.9 Å². The van der Waals surface area contributed by atoms with E-state index < -0.39 is 11.6 Å². The maximum absolute atomic E-state index is 13.3. The molecule has 1 heterocycles. The fourth-order valence-electron chi connectivity index (χ4n) is 2.18. The average Bonchev–Trinajstić information content (AvgIpc) is 2.80. The number of halogens is 2. The van der Waals surface area contributed by atoms with Crippen LogP contribution in [0.1, 0.15) is 30.6 Å². The summed E-state index contributed by atoms with van der Waals surface area (Å²) in [7, 11) is 1.85. The van der Waals surface area contributed by atoms with Gasteiger partial charge >= 0.3 is 0 Å². The Balaban J connectivity index is 2.18. The molecule has 1 N–H and O–H groups in total. The summed E-state index contributed by atoms with van der Waals surface area (Å²) in [6.07, 6.45) is 3.36. The predicted molar refractivity (Wildman–Crippen MR) is 74.3 cm³/mol. The van der Waals surface area contributed by atoms with Gasteiger partial charge in [0.1, 0.15) is 11.6 Å². The second-order valence-corrected chi connectivity index (χ2v) is 4.90. The molecule has 0 saturated heterocycles. The summed E-state index contributed by atoms with van der Waals surface area (Å²) < 4.78 is 28.2. The van der Waals surface area contributed by atoms with E-state index in [1.807, 2.05) is 19.3 Å². The highest BCUT2D eigenvalue weighted by molar-refractivity contribution is 5.21. The Kier molecular flexibility index (Phi) is 4.84. The largest absolute Gasteiger partial charge is 0.308 e. The lowest BCUT2D eigenvalue weighted by atomic mass is 10.0. The number of hydrogen-bond acceptors (Lipinski definition) is 2. The van der Waals surface area contributed by atoms with Crippen molar-refractivity contribution in [2.24, 2.45) is 7.05 Å². The van der Waals surface area contributed by atoms with Crippen LogP contribution in [0.2, 0.25) is 0 Å². The van der Waals surface area contributed by atoms with Gasteiger partial charge in [-0.2, -0.15) is 5.10 Å². The van der Waals surface area contributed by atoms with Crippen molar-refractivity contribution in [2.75, 3.05) is 6.54 Å². The van der Waals surface area contributed by atoms with E-state index in [4.69, 9.17) is 0 Å². The molecule has 0 radical (unpaired) electrons. The Morgan fingerprint density at radius 1 is 1.25 bits per heavy atom. The normalized spacial score (nSPS) is 12.6. The summed E-state index contributed by atoms with van der Waals surface area (Å²) in [5.41, 5.74) is 1.51. The molecule has 0 aliphatic carbocycles. The molecule has 0 bridgehead atoms. The second kappa shape index (κ2) is 6.61.